The van der Waals surface area contributed by atoms with E-state index in [1.165, 1.54) is 0 Å². The Morgan fingerprint density at radius 3 is 2.63 bits per heavy atom. The lowest BCUT2D eigenvalue weighted by atomic mass is 10.0. The Morgan fingerprint density at radius 1 is 1.33 bits per heavy atom. The monoisotopic (exact) mass is 396 g/mol. The average Bonchev–Trinajstić information content (AvgIpc) is 2.66. The Bertz CT molecular complexity index is 645. The zero-order valence-corrected chi connectivity index (χ0v) is 16.9. The number of ether oxygens (including phenoxy) is 1. The van der Waals surface area contributed by atoms with E-state index in [4.69, 9.17) is 21.4 Å². The SMILES string of the molecule is CCN(CC(=O)O)C1CCN(C(=O)CCCOc2ccc(Cl)c(C)c2)CC1. The summed E-state index contributed by atoms with van der Waals surface area (Å²) >= 11 is 6.00. The molecule has 1 aromatic carbocycles. The van der Waals surface area contributed by atoms with Gasteiger partial charge in [-0.2, -0.15) is 0 Å². The van der Waals surface area contributed by atoms with Gasteiger partial charge in [-0.05, 0) is 56.5 Å². The molecule has 0 atom stereocenters. The molecular formula is C20H29ClN2O4. The molecule has 0 radical (unpaired) electrons. The molecule has 0 aliphatic carbocycles. The van der Waals surface area contributed by atoms with Crippen molar-refractivity contribution in [1.82, 2.24) is 9.80 Å². The number of carboxylic acids is 1. The summed E-state index contributed by atoms with van der Waals surface area (Å²) in [6, 6.07) is 5.78. The lowest BCUT2D eigenvalue weighted by Crippen LogP contribution is -2.48. The van der Waals surface area contributed by atoms with Crippen LogP contribution in [0.25, 0.3) is 0 Å². The van der Waals surface area contributed by atoms with Crippen molar-refractivity contribution in [3.05, 3.63) is 28.8 Å². The molecule has 0 aromatic heterocycles. The zero-order valence-electron chi connectivity index (χ0n) is 16.1. The number of carbonyl (C=O) groups is 2. The standard InChI is InChI=1S/C20H29ClN2O4/c1-3-22(14-20(25)26)16-8-10-23(11-9-16)19(24)5-4-12-27-17-6-7-18(21)15(2)13-17/h6-7,13,16H,3-5,8-12,14H2,1-2H3,(H,25,26). The van der Waals surface area contributed by atoms with Gasteiger partial charge in [0.1, 0.15) is 5.75 Å². The third-order valence-corrected chi connectivity index (χ3v) is 5.44. The Hall–Kier alpha value is -1.79. The molecular weight excluding hydrogens is 368 g/mol. The number of likely N-dealkylation sites (N-methyl/N-ethyl adjacent to an activating group) is 1. The normalized spacial score (nSPS) is 15.2. The molecule has 1 amide bonds. The van der Waals surface area contributed by atoms with Gasteiger partial charge >= 0.3 is 5.97 Å². The smallest absolute Gasteiger partial charge is 0.317 e. The molecule has 2 rings (SSSR count). The van der Waals surface area contributed by atoms with Crippen molar-refractivity contribution in [1.29, 1.82) is 0 Å². The number of piperidine rings is 1. The fourth-order valence-electron chi connectivity index (χ4n) is 3.43. The van der Waals surface area contributed by atoms with E-state index in [0.717, 1.165) is 24.2 Å². The number of hydrogen-bond acceptors (Lipinski definition) is 4. The summed E-state index contributed by atoms with van der Waals surface area (Å²) in [5.41, 5.74) is 0.970. The highest BCUT2D eigenvalue weighted by atomic mass is 35.5. The number of amides is 1. The van der Waals surface area contributed by atoms with Crippen LogP contribution in [-0.4, -0.2) is 65.6 Å². The van der Waals surface area contributed by atoms with Crippen LogP contribution >= 0.6 is 11.6 Å². The van der Waals surface area contributed by atoms with E-state index in [1.54, 1.807) is 0 Å². The number of benzene rings is 1. The van der Waals surface area contributed by atoms with E-state index in [2.05, 4.69) is 0 Å². The van der Waals surface area contributed by atoms with E-state index in [1.807, 2.05) is 41.8 Å². The van der Waals surface area contributed by atoms with Gasteiger partial charge in [-0.3, -0.25) is 14.5 Å². The van der Waals surface area contributed by atoms with Gasteiger partial charge in [-0.25, -0.2) is 0 Å². The van der Waals surface area contributed by atoms with Crippen molar-refractivity contribution in [2.45, 2.75) is 45.6 Å². The molecule has 1 fully saturated rings. The first-order valence-electron chi connectivity index (χ1n) is 9.53. The van der Waals surface area contributed by atoms with Crippen LogP contribution in [0.15, 0.2) is 18.2 Å². The zero-order chi connectivity index (χ0) is 19.8. The average molecular weight is 397 g/mol. The minimum Gasteiger partial charge on any atom is -0.494 e. The first-order chi connectivity index (χ1) is 12.9. The summed E-state index contributed by atoms with van der Waals surface area (Å²) in [5, 5.41) is 9.71. The Morgan fingerprint density at radius 2 is 2.04 bits per heavy atom. The molecule has 1 aliphatic heterocycles. The fraction of sp³-hybridized carbons (Fsp3) is 0.600. The molecule has 150 valence electrons. The van der Waals surface area contributed by atoms with Crippen molar-refractivity contribution in [2.75, 3.05) is 32.8 Å². The van der Waals surface area contributed by atoms with E-state index < -0.39 is 5.97 Å². The first-order valence-corrected chi connectivity index (χ1v) is 9.91. The van der Waals surface area contributed by atoms with Crippen molar-refractivity contribution in [3.63, 3.8) is 0 Å². The van der Waals surface area contributed by atoms with Crippen LogP contribution in [0.5, 0.6) is 5.75 Å². The third kappa shape index (κ3) is 6.70. The Kier molecular flexibility index (Phi) is 8.38. The van der Waals surface area contributed by atoms with Crippen molar-refractivity contribution in [2.24, 2.45) is 0 Å². The first kappa shape index (κ1) is 21.5. The number of aliphatic carboxylic acids is 1. The van der Waals surface area contributed by atoms with Gasteiger partial charge in [-0.1, -0.05) is 18.5 Å². The predicted molar refractivity (Wildman–Crippen MR) is 105 cm³/mol. The Labute approximate surface area is 166 Å². The molecule has 0 bridgehead atoms. The highest BCUT2D eigenvalue weighted by Gasteiger charge is 2.26. The number of hydrogen-bond donors (Lipinski definition) is 1. The van der Waals surface area contributed by atoms with Crippen molar-refractivity contribution in [3.8, 4) is 5.75 Å². The quantitative estimate of drug-likeness (QED) is 0.649. The number of aryl methyl sites for hydroxylation is 1. The molecule has 27 heavy (non-hydrogen) atoms. The van der Waals surface area contributed by atoms with E-state index in [0.29, 0.717) is 44.1 Å². The summed E-state index contributed by atoms with van der Waals surface area (Å²) in [7, 11) is 0. The number of likely N-dealkylation sites (tertiary alicyclic amines) is 1. The number of halogens is 1. The maximum absolute atomic E-state index is 12.4. The lowest BCUT2D eigenvalue weighted by Gasteiger charge is -2.37. The summed E-state index contributed by atoms with van der Waals surface area (Å²) in [6.07, 6.45) is 2.78. The predicted octanol–water partition coefficient (Wildman–Crippen LogP) is 3.20. The fourth-order valence-corrected chi connectivity index (χ4v) is 3.55. The minimum absolute atomic E-state index is 0.0661. The summed E-state index contributed by atoms with van der Waals surface area (Å²) in [5.74, 6) is 0.111. The van der Waals surface area contributed by atoms with Gasteiger partial charge < -0.3 is 14.7 Å². The highest BCUT2D eigenvalue weighted by molar-refractivity contribution is 6.31. The Balaban J connectivity index is 1.68. The van der Waals surface area contributed by atoms with Crippen LogP contribution in [0.1, 0.15) is 38.2 Å². The highest BCUT2D eigenvalue weighted by Crippen LogP contribution is 2.21. The molecule has 1 heterocycles. The second-order valence-corrected chi connectivity index (χ2v) is 7.34. The molecule has 6 nitrogen and oxygen atoms in total. The second-order valence-electron chi connectivity index (χ2n) is 6.93. The van der Waals surface area contributed by atoms with E-state index >= 15 is 0 Å². The summed E-state index contributed by atoms with van der Waals surface area (Å²) in [4.78, 5) is 27.2. The van der Waals surface area contributed by atoms with Crippen LogP contribution in [0, 0.1) is 6.92 Å². The number of nitrogens with zero attached hydrogens (tertiary/aromatic N) is 2. The van der Waals surface area contributed by atoms with Crippen LogP contribution in [0.2, 0.25) is 5.02 Å². The van der Waals surface area contributed by atoms with Crippen LogP contribution in [0.3, 0.4) is 0 Å². The largest absolute Gasteiger partial charge is 0.494 e. The van der Waals surface area contributed by atoms with Crippen LogP contribution in [-0.2, 0) is 9.59 Å². The van der Waals surface area contributed by atoms with Gasteiger partial charge in [0.05, 0.1) is 13.2 Å². The maximum atomic E-state index is 12.4. The molecule has 0 spiro atoms. The molecule has 1 aliphatic rings. The second kappa shape index (κ2) is 10.5. The third-order valence-electron chi connectivity index (χ3n) is 5.01. The van der Waals surface area contributed by atoms with Crippen molar-refractivity contribution < 1.29 is 19.4 Å². The molecule has 1 N–H and O–H groups in total. The summed E-state index contributed by atoms with van der Waals surface area (Å²) < 4.78 is 5.69. The molecule has 1 aromatic rings. The number of carbonyl (C=O) groups excluding carboxylic acids is 1. The van der Waals surface area contributed by atoms with Gasteiger partial charge in [0, 0.05) is 30.6 Å². The number of rotatable bonds is 9. The van der Waals surface area contributed by atoms with Crippen LogP contribution in [0.4, 0.5) is 0 Å². The van der Waals surface area contributed by atoms with E-state index in [-0.39, 0.29) is 18.5 Å². The minimum atomic E-state index is -0.800. The molecule has 0 saturated carbocycles. The maximum Gasteiger partial charge on any atom is 0.317 e. The van der Waals surface area contributed by atoms with Crippen LogP contribution < -0.4 is 4.74 Å². The molecule has 1 saturated heterocycles. The van der Waals surface area contributed by atoms with E-state index in [9.17, 15) is 9.59 Å². The molecule has 0 unspecified atom stereocenters. The van der Waals surface area contributed by atoms with Gasteiger partial charge in [0.15, 0.2) is 0 Å². The van der Waals surface area contributed by atoms with Gasteiger partial charge in [0.25, 0.3) is 0 Å². The summed E-state index contributed by atoms with van der Waals surface area (Å²) in [6.45, 7) is 6.56. The molecule has 7 heteroatoms. The van der Waals surface area contributed by atoms with Gasteiger partial charge in [-0.15, -0.1) is 0 Å². The topological polar surface area (TPSA) is 70.1 Å². The van der Waals surface area contributed by atoms with Gasteiger partial charge in [0.2, 0.25) is 5.91 Å². The number of carboxylic acid groups (broad SMARTS) is 1. The van der Waals surface area contributed by atoms with Crippen molar-refractivity contribution >= 4 is 23.5 Å². The lowest BCUT2D eigenvalue weighted by molar-refractivity contribution is -0.140.